The summed E-state index contributed by atoms with van der Waals surface area (Å²) in [6.07, 6.45) is 3.51. The zero-order valence-corrected chi connectivity index (χ0v) is 15.5. The summed E-state index contributed by atoms with van der Waals surface area (Å²) in [5, 5.41) is 2.33. The Morgan fingerprint density at radius 3 is 2.43 bits per heavy atom. The Hall–Kier alpha value is -3.60. The van der Waals surface area contributed by atoms with E-state index in [-0.39, 0.29) is 11.7 Å². The van der Waals surface area contributed by atoms with Crippen molar-refractivity contribution in [3.8, 4) is 5.69 Å². The molecule has 0 spiro atoms. The van der Waals surface area contributed by atoms with Gasteiger partial charge >= 0.3 is 11.7 Å². The molecule has 1 aromatic heterocycles. The third-order valence-electron chi connectivity index (χ3n) is 4.67. The zero-order chi connectivity index (χ0) is 19.5. The largest absolute Gasteiger partial charge is 0.462 e. The van der Waals surface area contributed by atoms with Crippen molar-refractivity contribution in [2.75, 3.05) is 6.61 Å². The monoisotopic (exact) mass is 372 g/mol. The molecule has 4 rings (SSSR count). The summed E-state index contributed by atoms with van der Waals surface area (Å²) in [5.41, 5.74) is 2.11. The topological polar surface area (TPSA) is 53.2 Å². The SMILES string of the molecule is CCOC(=O)c1ccc(-n2ccn(Cc3ccc4ccccc4c3)c2=O)cc1. The number of hydrogen-bond donors (Lipinski definition) is 0. The van der Waals surface area contributed by atoms with Gasteiger partial charge in [0.1, 0.15) is 0 Å². The lowest BCUT2D eigenvalue weighted by molar-refractivity contribution is 0.0526. The van der Waals surface area contributed by atoms with Crippen LogP contribution in [0.1, 0.15) is 22.8 Å². The summed E-state index contributed by atoms with van der Waals surface area (Å²) < 4.78 is 8.22. The maximum atomic E-state index is 12.8. The zero-order valence-electron chi connectivity index (χ0n) is 15.5. The highest BCUT2D eigenvalue weighted by Gasteiger charge is 2.09. The van der Waals surface area contributed by atoms with Gasteiger partial charge in [-0.2, -0.15) is 0 Å². The Morgan fingerprint density at radius 1 is 0.929 bits per heavy atom. The van der Waals surface area contributed by atoms with Crippen molar-refractivity contribution in [3.63, 3.8) is 0 Å². The molecule has 0 aliphatic carbocycles. The van der Waals surface area contributed by atoms with Crippen LogP contribution in [0, 0.1) is 0 Å². The molecule has 0 aliphatic heterocycles. The third kappa shape index (κ3) is 3.47. The van der Waals surface area contributed by atoms with Gasteiger partial charge in [-0.1, -0.05) is 36.4 Å². The van der Waals surface area contributed by atoms with Gasteiger partial charge in [0.05, 0.1) is 24.4 Å². The fourth-order valence-electron chi connectivity index (χ4n) is 3.24. The van der Waals surface area contributed by atoms with Crippen LogP contribution in [0.3, 0.4) is 0 Å². The normalized spacial score (nSPS) is 10.9. The molecule has 140 valence electrons. The summed E-state index contributed by atoms with van der Waals surface area (Å²) in [4.78, 5) is 24.6. The van der Waals surface area contributed by atoms with Gasteiger partial charge in [-0.05, 0) is 53.6 Å². The molecule has 0 amide bonds. The van der Waals surface area contributed by atoms with Crippen molar-refractivity contribution < 1.29 is 9.53 Å². The van der Waals surface area contributed by atoms with Gasteiger partial charge in [0.25, 0.3) is 0 Å². The third-order valence-corrected chi connectivity index (χ3v) is 4.67. The van der Waals surface area contributed by atoms with E-state index >= 15 is 0 Å². The first-order chi connectivity index (χ1) is 13.7. The number of benzene rings is 3. The van der Waals surface area contributed by atoms with Crippen LogP contribution in [0.4, 0.5) is 0 Å². The molecule has 0 N–H and O–H groups in total. The number of carbonyl (C=O) groups is 1. The number of carbonyl (C=O) groups excluding carboxylic acids is 1. The number of fused-ring (bicyclic) bond motifs is 1. The van der Waals surface area contributed by atoms with Crippen molar-refractivity contribution in [1.82, 2.24) is 9.13 Å². The Kier molecular flexibility index (Phi) is 4.81. The van der Waals surface area contributed by atoms with Gasteiger partial charge in [-0.15, -0.1) is 0 Å². The van der Waals surface area contributed by atoms with Gasteiger partial charge in [0.15, 0.2) is 0 Å². The van der Waals surface area contributed by atoms with Gasteiger partial charge in [-0.3, -0.25) is 9.13 Å². The molecule has 5 heteroatoms. The molecule has 0 radical (unpaired) electrons. The average molecular weight is 372 g/mol. The van der Waals surface area contributed by atoms with Crippen LogP contribution in [0.2, 0.25) is 0 Å². The first-order valence-electron chi connectivity index (χ1n) is 9.19. The minimum atomic E-state index is -0.365. The van der Waals surface area contributed by atoms with E-state index in [1.807, 2.05) is 18.2 Å². The molecule has 0 atom stereocenters. The van der Waals surface area contributed by atoms with Crippen molar-refractivity contribution in [2.45, 2.75) is 13.5 Å². The van der Waals surface area contributed by atoms with E-state index in [1.54, 1.807) is 52.7 Å². The summed E-state index contributed by atoms with van der Waals surface area (Å²) in [6.45, 7) is 2.60. The van der Waals surface area contributed by atoms with Crippen LogP contribution in [-0.2, 0) is 11.3 Å². The highest BCUT2D eigenvalue weighted by Crippen LogP contribution is 2.16. The van der Waals surface area contributed by atoms with E-state index in [1.165, 1.54) is 5.39 Å². The van der Waals surface area contributed by atoms with Gasteiger partial charge in [0, 0.05) is 12.4 Å². The lowest BCUT2D eigenvalue weighted by Gasteiger charge is -2.06. The van der Waals surface area contributed by atoms with E-state index in [4.69, 9.17) is 4.74 Å². The molecule has 28 heavy (non-hydrogen) atoms. The van der Waals surface area contributed by atoms with Crippen molar-refractivity contribution in [2.24, 2.45) is 0 Å². The molecule has 0 saturated heterocycles. The second-order valence-electron chi connectivity index (χ2n) is 6.53. The van der Waals surface area contributed by atoms with E-state index in [0.717, 1.165) is 10.9 Å². The number of ether oxygens (including phenoxy) is 1. The number of rotatable bonds is 5. The lowest BCUT2D eigenvalue weighted by Crippen LogP contribution is -2.23. The quantitative estimate of drug-likeness (QED) is 0.497. The molecule has 5 nitrogen and oxygen atoms in total. The summed E-state index contributed by atoms with van der Waals surface area (Å²) >= 11 is 0. The fourth-order valence-corrected chi connectivity index (χ4v) is 3.24. The first kappa shape index (κ1) is 17.8. The minimum absolute atomic E-state index is 0.128. The molecule has 0 aliphatic rings. The number of imidazole rings is 1. The van der Waals surface area contributed by atoms with Crippen LogP contribution in [0.25, 0.3) is 16.5 Å². The summed E-state index contributed by atoms with van der Waals surface area (Å²) in [5.74, 6) is -0.365. The minimum Gasteiger partial charge on any atom is -0.462 e. The molecule has 0 saturated carbocycles. The van der Waals surface area contributed by atoms with Crippen LogP contribution in [0.5, 0.6) is 0 Å². The number of nitrogens with zero attached hydrogens (tertiary/aromatic N) is 2. The first-order valence-corrected chi connectivity index (χ1v) is 9.19. The molecular formula is C23H20N2O3. The predicted octanol–water partition coefficient (Wildman–Crippen LogP) is 4.02. The molecule has 0 fully saturated rings. The summed E-state index contributed by atoms with van der Waals surface area (Å²) in [7, 11) is 0. The van der Waals surface area contributed by atoms with Crippen LogP contribution >= 0.6 is 0 Å². The second-order valence-corrected chi connectivity index (χ2v) is 6.53. The van der Waals surface area contributed by atoms with E-state index in [0.29, 0.717) is 24.4 Å². The second kappa shape index (κ2) is 7.56. The van der Waals surface area contributed by atoms with Crippen LogP contribution in [0.15, 0.2) is 83.9 Å². The van der Waals surface area contributed by atoms with Crippen LogP contribution < -0.4 is 5.69 Å². The molecule has 0 unspecified atom stereocenters. The number of hydrogen-bond acceptors (Lipinski definition) is 3. The highest BCUT2D eigenvalue weighted by atomic mass is 16.5. The average Bonchev–Trinajstić information content (AvgIpc) is 3.08. The van der Waals surface area contributed by atoms with Gasteiger partial charge in [0.2, 0.25) is 0 Å². The smallest absolute Gasteiger partial charge is 0.338 e. The number of esters is 1. The highest BCUT2D eigenvalue weighted by molar-refractivity contribution is 5.89. The Bertz CT molecular complexity index is 1190. The molecular weight excluding hydrogens is 352 g/mol. The van der Waals surface area contributed by atoms with Crippen LogP contribution in [-0.4, -0.2) is 21.7 Å². The number of aromatic nitrogens is 2. The Balaban J connectivity index is 1.58. The Morgan fingerprint density at radius 2 is 1.68 bits per heavy atom. The van der Waals surface area contributed by atoms with E-state index in [9.17, 15) is 9.59 Å². The maximum Gasteiger partial charge on any atom is 0.338 e. The molecule has 1 heterocycles. The fraction of sp³-hybridized carbons (Fsp3) is 0.130. The molecule has 4 aromatic rings. The molecule has 0 bridgehead atoms. The van der Waals surface area contributed by atoms with Gasteiger partial charge < -0.3 is 4.74 Å². The van der Waals surface area contributed by atoms with Crippen molar-refractivity contribution in [1.29, 1.82) is 0 Å². The van der Waals surface area contributed by atoms with E-state index in [2.05, 4.69) is 24.3 Å². The standard InChI is InChI=1S/C23H20N2O3/c1-2-28-22(26)19-9-11-21(12-10-19)25-14-13-24(23(25)27)16-17-7-8-18-5-3-4-6-20(18)15-17/h3-15H,2,16H2,1H3. The van der Waals surface area contributed by atoms with E-state index < -0.39 is 0 Å². The Labute approximate surface area is 162 Å². The van der Waals surface area contributed by atoms with Crippen molar-refractivity contribution in [3.05, 3.63) is 101 Å². The lowest BCUT2D eigenvalue weighted by atomic mass is 10.1. The van der Waals surface area contributed by atoms with Gasteiger partial charge in [-0.25, -0.2) is 9.59 Å². The van der Waals surface area contributed by atoms with Crippen molar-refractivity contribution >= 4 is 16.7 Å². The maximum absolute atomic E-state index is 12.8. The summed E-state index contributed by atoms with van der Waals surface area (Å²) in [6, 6.07) is 21.2. The predicted molar refractivity (Wildman–Crippen MR) is 109 cm³/mol. The molecule has 3 aromatic carbocycles.